The highest BCUT2D eigenvalue weighted by molar-refractivity contribution is 7.89. The van der Waals surface area contributed by atoms with E-state index in [0.29, 0.717) is 6.42 Å². The Labute approximate surface area is 93.3 Å². The molecule has 15 heavy (non-hydrogen) atoms. The topological polar surface area (TPSA) is 101 Å². The molecule has 1 aromatic heterocycles. The largest absolute Gasteiger partial charge is 0.392 e. The Bertz CT molecular complexity index is 426. The summed E-state index contributed by atoms with van der Waals surface area (Å²) in [5.74, 6) is 0. The van der Waals surface area contributed by atoms with E-state index in [1.54, 1.807) is 6.92 Å². The highest BCUT2D eigenvalue weighted by atomic mass is 32.2. The molecule has 0 saturated carbocycles. The van der Waals surface area contributed by atoms with Crippen molar-refractivity contribution in [3.8, 4) is 0 Å². The first kappa shape index (κ1) is 12.1. The van der Waals surface area contributed by atoms with E-state index in [9.17, 15) is 8.42 Å². The van der Waals surface area contributed by atoms with Crippen LogP contribution in [-0.4, -0.2) is 29.4 Å². The number of thiocarbonyl (C=S) groups is 1. The predicted molar refractivity (Wildman–Crippen MR) is 59.8 cm³/mol. The minimum Gasteiger partial charge on any atom is -0.392 e. The fraction of sp³-hybridized carbons (Fsp3) is 0.429. The second-order valence-corrected chi connectivity index (χ2v) is 5.05. The first-order chi connectivity index (χ1) is 6.97. The van der Waals surface area contributed by atoms with Gasteiger partial charge >= 0.3 is 0 Å². The van der Waals surface area contributed by atoms with E-state index < -0.39 is 16.1 Å². The van der Waals surface area contributed by atoms with E-state index >= 15 is 0 Å². The number of rotatable bonds is 5. The molecule has 0 aliphatic heterocycles. The Kier molecular flexibility index (Phi) is 3.77. The zero-order valence-electron chi connectivity index (χ0n) is 8.10. The van der Waals surface area contributed by atoms with Crippen LogP contribution in [-0.2, 0) is 10.0 Å². The van der Waals surface area contributed by atoms with Crippen molar-refractivity contribution in [2.45, 2.75) is 24.4 Å². The molecule has 0 aliphatic rings. The zero-order valence-corrected chi connectivity index (χ0v) is 9.73. The molecular formula is C7H12N4O2S2. The number of nitrogens with one attached hydrogen (secondary N) is 2. The monoisotopic (exact) mass is 248 g/mol. The molecule has 0 radical (unpaired) electrons. The van der Waals surface area contributed by atoms with Crippen LogP contribution < -0.4 is 10.5 Å². The van der Waals surface area contributed by atoms with Gasteiger partial charge in [-0.15, -0.1) is 0 Å². The molecule has 1 unspecified atom stereocenters. The van der Waals surface area contributed by atoms with E-state index in [-0.39, 0.29) is 10.0 Å². The Morgan fingerprint density at radius 2 is 2.47 bits per heavy atom. The summed E-state index contributed by atoms with van der Waals surface area (Å²) in [6.45, 7) is 1.79. The summed E-state index contributed by atoms with van der Waals surface area (Å²) in [6, 6.07) is -0.534. The molecule has 6 nitrogen and oxygen atoms in total. The lowest BCUT2D eigenvalue weighted by Gasteiger charge is -2.14. The van der Waals surface area contributed by atoms with Gasteiger partial charge in [-0.05, 0) is 6.42 Å². The van der Waals surface area contributed by atoms with Crippen molar-refractivity contribution in [3.63, 3.8) is 0 Å². The van der Waals surface area contributed by atoms with Crippen LogP contribution in [0.2, 0.25) is 0 Å². The first-order valence-corrected chi connectivity index (χ1v) is 6.16. The second kappa shape index (κ2) is 4.69. The summed E-state index contributed by atoms with van der Waals surface area (Å²) in [6.07, 6.45) is 3.01. The van der Waals surface area contributed by atoms with Crippen molar-refractivity contribution in [1.82, 2.24) is 14.7 Å². The highest BCUT2D eigenvalue weighted by Crippen LogP contribution is 2.04. The molecule has 1 aromatic rings. The SMILES string of the molecule is CCC(NS(=O)(=O)c1cnc[nH]1)C(N)=S. The third-order valence-corrected chi connectivity index (χ3v) is 3.49. The molecule has 1 rings (SSSR count). The van der Waals surface area contributed by atoms with Crippen LogP contribution in [0.25, 0.3) is 0 Å². The number of nitrogens with two attached hydrogens (primary N) is 1. The van der Waals surface area contributed by atoms with Gasteiger partial charge in [-0.1, -0.05) is 19.1 Å². The smallest absolute Gasteiger partial charge is 0.258 e. The molecule has 0 fully saturated rings. The average molecular weight is 248 g/mol. The minimum atomic E-state index is -3.61. The van der Waals surface area contributed by atoms with Crippen LogP contribution in [0.5, 0.6) is 0 Å². The lowest BCUT2D eigenvalue weighted by molar-refractivity contribution is 0.569. The minimum absolute atomic E-state index is 0.00259. The Morgan fingerprint density at radius 1 is 1.80 bits per heavy atom. The van der Waals surface area contributed by atoms with Crippen LogP contribution in [0.3, 0.4) is 0 Å². The highest BCUT2D eigenvalue weighted by Gasteiger charge is 2.21. The second-order valence-electron chi connectivity index (χ2n) is 2.90. The summed E-state index contributed by atoms with van der Waals surface area (Å²) in [5, 5.41) is -0.00259. The van der Waals surface area contributed by atoms with Gasteiger partial charge in [0.1, 0.15) is 0 Å². The van der Waals surface area contributed by atoms with Gasteiger partial charge in [-0.25, -0.2) is 13.4 Å². The summed E-state index contributed by atoms with van der Waals surface area (Å²) in [4.78, 5) is 6.25. The number of aromatic amines is 1. The number of hydrogen-bond acceptors (Lipinski definition) is 4. The zero-order chi connectivity index (χ0) is 11.5. The third kappa shape index (κ3) is 2.98. The third-order valence-electron chi connectivity index (χ3n) is 1.81. The quantitative estimate of drug-likeness (QED) is 0.624. The van der Waals surface area contributed by atoms with Crippen molar-refractivity contribution in [2.24, 2.45) is 5.73 Å². The molecule has 1 atom stereocenters. The van der Waals surface area contributed by atoms with Crippen LogP contribution in [0.4, 0.5) is 0 Å². The predicted octanol–water partition coefficient (Wildman–Crippen LogP) is -0.247. The van der Waals surface area contributed by atoms with Gasteiger partial charge in [0.2, 0.25) is 0 Å². The number of nitrogens with zero attached hydrogens (tertiary/aromatic N) is 1. The van der Waals surface area contributed by atoms with Gasteiger partial charge in [0.25, 0.3) is 10.0 Å². The lowest BCUT2D eigenvalue weighted by Crippen LogP contribution is -2.42. The van der Waals surface area contributed by atoms with Crippen LogP contribution in [0, 0.1) is 0 Å². The number of sulfonamides is 1. The standard InChI is InChI=1S/C7H12N4O2S2/c1-2-5(7(8)14)11-15(12,13)6-3-9-4-10-6/h3-5,11H,2H2,1H3,(H2,8,14)(H,9,10). The van der Waals surface area contributed by atoms with E-state index in [1.807, 2.05) is 0 Å². The molecule has 84 valence electrons. The summed E-state index contributed by atoms with van der Waals surface area (Å²) in [5.41, 5.74) is 5.39. The fourth-order valence-electron chi connectivity index (χ4n) is 0.983. The molecule has 4 N–H and O–H groups in total. The summed E-state index contributed by atoms with van der Waals surface area (Å²) >= 11 is 4.74. The van der Waals surface area contributed by atoms with Crippen molar-refractivity contribution in [3.05, 3.63) is 12.5 Å². The van der Waals surface area contributed by atoms with Gasteiger partial charge < -0.3 is 10.7 Å². The molecule has 0 spiro atoms. The van der Waals surface area contributed by atoms with E-state index in [0.717, 1.165) is 0 Å². The maximum Gasteiger partial charge on any atom is 0.258 e. The molecule has 0 aliphatic carbocycles. The normalized spacial score (nSPS) is 13.7. The van der Waals surface area contributed by atoms with Crippen LogP contribution >= 0.6 is 12.2 Å². The van der Waals surface area contributed by atoms with Gasteiger partial charge in [0, 0.05) is 0 Å². The van der Waals surface area contributed by atoms with Crippen molar-refractivity contribution in [2.75, 3.05) is 0 Å². The van der Waals surface area contributed by atoms with E-state index in [4.69, 9.17) is 18.0 Å². The summed E-state index contributed by atoms with van der Waals surface area (Å²) in [7, 11) is -3.61. The molecule has 8 heteroatoms. The van der Waals surface area contributed by atoms with Crippen LogP contribution in [0.15, 0.2) is 17.6 Å². The molecule has 0 bridgehead atoms. The number of H-pyrrole nitrogens is 1. The number of imidazole rings is 1. The van der Waals surface area contributed by atoms with Crippen molar-refractivity contribution >= 4 is 27.2 Å². The maximum atomic E-state index is 11.7. The average Bonchev–Trinajstić information content (AvgIpc) is 2.67. The molecular weight excluding hydrogens is 236 g/mol. The lowest BCUT2D eigenvalue weighted by atomic mass is 10.2. The van der Waals surface area contributed by atoms with Gasteiger partial charge in [-0.3, -0.25) is 0 Å². The van der Waals surface area contributed by atoms with Gasteiger partial charge in [0.05, 0.1) is 23.6 Å². The number of hydrogen-bond donors (Lipinski definition) is 3. The molecule has 1 heterocycles. The Hall–Kier alpha value is -0.990. The van der Waals surface area contributed by atoms with E-state index in [2.05, 4.69) is 14.7 Å². The molecule has 0 aromatic carbocycles. The number of aromatic nitrogens is 2. The maximum absolute atomic E-state index is 11.7. The van der Waals surface area contributed by atoms with Gasteiger partial charge in [0.15, 0.2) is 5.03 Å². The Balaban J connectivity index is 2.86. The van der Waals surface area contributed by atoms with Crippen LogP contribution in [0.1, 0.15) is 13.3 Å². The van der Waals surface area contributed by atoms with Crippen molar-refractivity contribution < 1.29 is 8.42 Å². The van der Waals surface area contributed by atoms with Gasteiger partial charge in [-0.2, -0.15) is 4.72 Å². The van der Waals surface area contributed by atoms with E-state index in [1.165, 1.54) is 12.5 Å². The fourth-order valence-corrected chi connectivity index (χ4v) is 2.49. The molecule has 0 amide bonds. The van der Waals surface area contributed by atoms with Crippen molar-refractivity contribution in [1.29, 1.82) is 0 Å². The molecule has 0 saturated heterocycles. The first-order valence-electron chi connectivity index (χ1n) is 4.27. The summed E-state index contributed by atoms with van der Waals surface area (Å²) < 4.78 is 25.7. The Morgan fingerprint density at radius 3 is 2.87 bits per heavy atom.